The van der Waals surface area contributed by atoms with Gasteiger partial charge in [-0.2, -0.15) is 0 Å². The standard InChI is InChI=1S/C11H14ClN5O/c1-16-5-4-13-8(16)6-17(2)11-9(18-3)10(12)14-7-15-11/h4-5,7H,6H2,1-3H3. The number of hydrogen-bond acceptors (Lipinski definition) is 5. The van der Waals surface area contributed by atoms with E-state index in [2.05, 4.69) is 15.0 Å². The van der Waals surface area contributed by atoms with Crippen molar-refractivity contribution in [3.63, 3.8) is 0 Å². The number of imidazole rings is 1. The predicted octanol–water partition coefficient (Wildman–Crippen LogP) is 1.51. The van der Waals surface area contributed by atoms with Crippen molar-refractivity contribution in [3.8, 4) is 5.75 Å². The summed E-state index contributed by atoms with van der Waals surface area (Å²) in [4.78, 5) is 14.3. The molecule has 6 nitrogen and oxygen atoms in total. The molecule has 0 N–H and O–H groups in total. The number of hydrogen-bond donors (Lipinski definition) is 0. The average molecular weight is 268 g/mol. The normalized spacial score (nSPS) is 10.4. The van der Waals surface area contributed by atoms with Gasteiger partial charge in [0, 0.05) is 26.5 Å². The van der Waals surface area contributed by atoms with E-state index in [4.69, 9.17) is 16.3 Å². The summed E-state index contributed by atoms with van der Waals surface area (Å²) >= 11 is 5.96. The zero-order chi connectivity index (χ0) is 13.1. The van der Waals surface area contributed by atoms with Crippen LogP contribution in [0.1, 0.15) is 5.82 Å². The van der Waals surface area contributed by atoms with E-state index in [1.807, 2.05) is 29.8 Å². The fraction of sp³-hybridized carbons (Fsp3) is 0.364. The molecule has 0 aromatic carbocycles. The van der Waals surface area contributed by atoms with Crippen molar-refractivity contribution >= 4 is 17.4 Å². The number of rotatable bonds is 4. The second-order valence-electron chi connectivity index (χ2n) is 3.83. The molecule has 0 aliphatic rings. The predicted molar refractivity (Wildman–Crippen MR) is 68.9 cm³/mol. The van der Waals surface area contributed by atoms with Crippen LogP contribution < -0.4 is 9.64 Å². The molecule has 96 valence electrons. The summed E-state index contributed by atoms with van der Waals surface area (Å²) in [6.45, 7) is 0.604. The lowest BCUT2D eigenvalue weighted by molar-refractivity contribution is 0.411. The van der Waals surface area contributed by atoms with Gasteiger partial charge >= 0.3 is 0 Å². The van der Waals surface area contributed by atoms with Crippen LogP contribution in [0.5, 0.6) is 5.75 Å². The van der Waals surface area contributed by atoms with Gasteiger partial charge in [-0.25, -0.2) is 15.0 Å². The van der Waals surface area contributed by atoms with Crippen molar-refractivity contribution in [3.05, 3.63) is 29.7 Å². The van der Waals surface area contributed by atoms with Gasteiger partial charge in [0.2, 0.25) is 0 Å². The smallest absolute Gasteiger partial charge is 0.199 e. The van der Waals surface area contributed by atoms with E-state index in [0.717, 1.165) is 5.82 Å². The molecular formula is C11H14ClN5O. The molecule has 7 heteroatoms. The van der Waals surface area contributed by atoms with Crippen LogP contribution in [-0.2, 0) is 13.6 Å². The fourth-order valence-electron chi connectivity index (χ4n) is 1.63. The van der Waals surface area contributed by atoms with Gasteiger partial charge in [0.1, 0.15) is 12.2 Å². The summed E-state index contributed by atoms with van der Waals surface area (Å²) in [5, 5.41) is 0.300. The average Bonchev–Trinajstić information content (AvgIpc) is 2.74. The second-order valence-corrected chi connectivity index (χ2v) is 4.19. The third-order valence-corrected chi connectivity index (χ3v) is 2.88. The number of anilines is 1. The minimum Gasteiger partial charge on any atom is -0.490 e. The van der Waals surface area contributed by atoms with Crippen molar-refractivity contribution in [2.24, 2.45) is 7.05 Å². The SMILES string of the molecule is COc1c(Cl)ncnc1N(C)Cc1nccn1C. The van der Waals surface area contributed by atoms with Crippen LogP contribution >= 0.6 is 11.6 Å². The van der Waals surface area contributed by atoms with E-state index >= 15 is 0 Å². The maximum Gasteiger partial charge on any atom is 0.199 e. The first-order chi connectivity index (χ1) is 8.63. The molecule has 0 aliphatic heterocycles. The van der Waals surface area contributed by atoms with Gasteiger partial charge in [-0.05, 0) is 0 Å². The first-order valence-electron chi connectivity index (χ1n) is 5.35. The molecule has 0 aliphatic carbocycles. The molecule has 0 amide bonds. The molecule has 0 radical (unpaired) electrons. The Kier molecular flexibility index (Phi) is 3.66. The van der Waals surface area contributed by atoms with Gasteiger partial charge in [0.15, 0.2) is 16.7 Å². The van der Waals surface area contributed by atoms with Gasteiger partial charge in [-0.15, -0.1) is 0 Å². The van der Waals surface area contributed by atoms with Crippen molar-refractivity contribution in [1.82, 2.24) is 19.5 Å². The van der Waals surface area contributed by atoms with Crippen LogP contribution in [0.3, 0.4) is 0 Å². The summed E-state index contributed by atoms with van der Waals surface area (Å²) in [7, 11) is 5.39. The number of methoxy groups -OCH3 is 1. The number of ether oxygens (including phenoxy) is 1. The van der Waals surface area contributed by atoms with Crippen LogP contribution in [0.15, 0.2) is 18.7 Å². The van der Waals surface area contributed by atoms with E-state index in [-0.39, 0.29) is 0 Å². The molecule has 2 rings (SSSR count). The molecule has 0 spiro atoms. The first kappa shape index (κ1) is 12.6. The van der Waals surface area contributed by atoms with Gasteiger partial charge in [-0.1, -0.05) is 11.6 Å². The highest BCUT2D eigenvalue weighted by molar-refractivity contribution is 6.31. The lowest BCUT2D eigenvalue weighted by atomic mass is 10.4. The zero-order valence-electron chi connectivity index (χ0n) is 10.5. The molecule has 0 bridgehead atoms. The summed E-state index contributed by atoms with van der Waals surface area (Å²) in [5.74, 6) is 2.03. The molecule has 0 saturated carbocycles. The van der Waals surface area contributed by atoms with Crippen LogP contribution in [0, 0.1) is 0 Å². The molecule has 0 atom stereocenters. The Hall–Kier alpha value is -1.82. The fourth-order valence-corrected chi connectivity index (χ4v) is 1.83. The number of aromatic nitrogens is 4. The second kappa shape index (κ2) is 5.22. The van der Waals surface area contributed by atoms with E-state index in [1.165, 1.54) is 6.33 Å². The summed E-state index contributed by atoms with van der Waals surface area (Å²) in [6, 6.07) is 0. The Labute approximate surface area is 110 Å². The molecule has 0 unspecified atom stereocenters. The Morgan fingerprint density at radius 2 is 2.17 bits per heavy atom. The van der Waals surface area contributed by atoms with E-state index in [1.54, 1.807) is 13.3 Å². The third-order valence-electron chi connectivity index (χ3n) is 2.61. The topological polar surface area (TPSA) is 56.1 Å². The van der Waals surface area contributed by atoms with Crippen LogP contribution in [0.2, 0.25) is 5.15 Å². The highest BCUT2D eigenvalue weighted by Gasteiger charge is 2.15. The summed E-state index contributed by atoms with van der Waals surface area (Å²) in [6.07, 6.45) is 5.07. The van der Waals surface area contributed by atoms with Gasteiger partial charge < -0.3 is 14.2 Å². The van der Waals surface area contributed by atoms with Crippen molar-refractivity contribution < 1.29 is 4.74 Å². The Morgan fingerprint density at radius 1 is 1.39 bits per heavy atom. The lowest BCUT2D eigenvalue weighted by Crippen LogP contribution is -2.21. The number of halogens is 1. The molecule has 0 saturated heterocycles. The van der Waals surface area contributed by atoms with E-state index in [9.17, 15) is 0 Å². The van der Waals surface area contributed by atoms with E-state index < -0.39 is 0 Å². The Bertz CT molecular complexity index is 542. The van der Waals surface area contributed by atoms with Crippen molar-refractivity contribution in [1.29, 1.82) is 0 Å². The van der Waals surface area contributed by atoms with Crippen LogP contribution in [0.25, 0.3) is 0 Å². The third kappa shape index (κ3) is 2.38. The summed E-state index contributed by atoms with van der Waals surface area (Å²) in [5.41, 5.74) is 0. The maximum absolute atomic E-state index is 5.96. The van der Waals surface area contributed by atoms with E-state index in [0.29, 0.717) is 23.3 Å². The minimum atomic E-state index is 0.300. The van der Waals surface area contributed by atoms with Gasteiger partial charge in [0.25, 0.3) is 0 Å². The molecule has 2 heterocycles. The lowest BCUT2D eigenvalue weighted by Gasteiger charge is -2.20. The monoisotopic (exact) mass is 267 g/mol. The van der Waals surface area contributed by atoms with Crippen molar-refractivity contribution in [2.75, 3.05) is 19.1 Å². The Morgan fingerprint density at radius 3 is 2.78 bits per heavy atom. The molecule has 2 aromatic heterocycles. The first-order valence-corrected chi connectivity index (χ1v) is 5.73. The largest absolute Gasteiger partial charge is 0.490 e. The Balaban J connectivity index is 2.26. The quantitative estimate of drug-likeness (QED) is 0.786. The molecular weight excluding hydrogens is 254 g/mol. The maximum atomic E-state index is 5.96. The van der Waals surface area contributed by atoms with Gasteiger partial charge in [-0.3, -0.25) is 0 Å². The summed E-state index contributed by atoms with van der Waals surface area (Å²) < 4.78 is 7.17. The van der Waals surface area contributed by atoms with Crippen LogP contribution in [0.4, 0.5) is 5.82 Å². The number of nitrogens with zero attached hydrogens (tertiary/aromatic N) is 5. The molecule has 18 heavy (non-hydrogen) atoms. The molecule has 0 fully saturated rings. The number of aryl methyl sites for hydroxylation is 1. The highest BCUT2D eigenvalue weighted by atomic mass is 35.5. The van der Waals surface area contributed by atoms with Crippen LogP contribution in [-0.4, -0.2) is 33.7 Å². The minimum absolute atomic E-state index is 0.300. The van der Waals surface area contributed by atoms with Gasteiger partial charge in [0.05, 0.1) is 13.7 Å². The van der Waals surface area contributed by atoms with Crippen molar-refractivity contribution in [2.45, 2.75) is 6.54 Å². The highest BCUT2D eigenvalue weighted by Crippen LogP contribution is 2.31. The molecule has 2 aromatic rings. The zero-order valence-corrected chi connectivity index (χ0v) is 11.2.